The van der Waals surface area contributed by atoms with E-state index in [1.807, 2.05) is 60.8 Å². The lowest BCUT2D eigenvalue weighted by molar-refractivity contribution is 0.630. The van der Waals surface area contributed by atoms with E-state index in [1.54, 1.807) is 0 Å². The summed E-state index contributed by atoms with van der Waals surface area (Å²) in [7, 11) is 0. The van der Waals surface area contributed by atoms with E-state index in [1.165, 1.54) is 0 Å². The van der Waals surface area contributed by atoms with Crippen LogP contribution in [0, 0.1) is 0 Å². The van der Waals surface area contributed by atoms with Gasteiger partial charge in [-0.1, -0.05) is 66.7 Å². The Kier molecular flexibility index (Phi) is 3.47. The second kappa shape index (κ2) is 6.28. The van der Waals surface area contributed by atoms with Gasteiger partial charge in [-0.15, -0.1) is 0 Å². The fourth-order valence-corrected chi connectivity index (χ4v) is 3.97. The summed E-state index contributed by atoms with van der Waals surface area (Å²) >= 11 is 0. The fraction of sp³-hybridized carbons (Fsp3) is 0. The highest BCUT2D eigenvalue weighted by Gasteiger charge is 2.21. The summed E-state index contributed by atoms with van der Waals surface area (Å²) in [6.45, 7) is 0. The van der Waals surface area contributed by atoms with Gasteiger partial charge in [0.05, 0.1) is 16.8 Å². The van der Waals surface area contributed by atoms with Crippen LogP contribution >= 0.6 is 0 Å². The van der Waals surface area contributed by atoms with E-state index in [4.69, 9.17) is 14.4 Å². The van der Waals surface area contributed by atoms with Gasteiger partial charge in [-0.2, -0.15) is 0 Å². The molecule has 0 fully saturated rings. The predicted octanol–water partition coefficient (Wildman–Crippen LogP) is 6.86. The van der Waals surface area contributed by atoms with Gasteiger partial charge in [0.15, 0.2) is 5.76 Å². The molecule has 0 saturated carbocycles. The Bertz CT molecular complexity index is 1510. The van der Waals surface area contributed by atoms with Crippen molar-refractivity contribution in [3.8, 4) is 22.7 Å². The Balaban J connectivity index is 1.71. The van der Waals surface area contributed by atoms with Crippen molar-refractivity contribution in [2.45, 2.75) is 0 Å². The molecule has 3 nitrogen and oxygen atoms in total. The van der Waals surface area contributed by atoms with Crippen LogP contribution in [0.4, 0.5) is 0 Å². The molecule has 3 aromatic carbocycles. The minimum Gasteiger partial charge on any atom is -0.454 e. The predicted molar refractivity (Wildman–Crippen MR) is 118 cm³/mol. The molecule has 0 aliphatic carbocycles. The number of pyridine rings is 2. The van der Waals surface area contributed by atoms with Crippen LogP contribution in [0.25, 0.3) is 55.4 Å². The van der Waals surface area contributed by atoms with Crippen molar-refractivity contribution < 1.29 is 4.42 Å². The zero-order chi connectivity index (χ0) is 19.2. The Labute approximate surface area is 167 Å². The van der Waals surface area contributed by atoms with Crippen molar-refractivity contribution in [2.24, 2.45) is 0 Å². The Morgan fingerprint density at radius 3 is 2.31 bits per heavy atom. The van der Waals surface area contributed by atoms with Crippen LogP contribution in [0.3, 0.4) is 0 Å². The number of fused-ring (bicyclic) bond motifs is 3. The molecule has 6 aromatic rings. The minimum atomic E-state index is 0.755. The number of rotatable bonds is 2. The first-order valence-corrected chi connectivity index (χ1v) is 9.60. The largest absolute Gasteiger partial charge is 0.454 e. The number of benzene rings is 3. The molecule has 6 rings (SSSR count). The molecule has 0 atom stereocenters. The lowest BCUT2D eigenvalue weighted by Crippen LogP contribution is -1.89. The molecular formula is C26H16N2O. The zero-order valence-corrected chi connectivity index (χ0v) is 15.5. The Morgan fingerprint density at radius 2 is 1.38 bits per heavy atom. The lowest BCUT2D eigenvalue weighted by atomic mass is 10.0. The van der Waals surface area contributed by atoms with E-state index >= 15 is 0 Å². The van der Waals surface area contributed by atoms with E-state index < -0.39 is 0 Å². The molecular weight excluding hydrogens is 356 g/mol. The summed E-state index contributed by atoms with van der Waals surface area (Å²) in [6.07, 6.45) is 1.84. The summed E-state index contributed by atoms with van der Waals surface area (Å²) < 4.78 is 6.36. The fourth-order valence-electron chi connectivity index (χ4n) is 3.97. The van der Waals surface area contributed by atoms with Crippen LogP contribution in [0.2, 0.25) is 0 Å². The maximum Gasteiger partial charge on any atom is 0.163 e. The molecule has 3 aromatic heterocycles. The molecule has 0 aliphatic rings. The number of aromatic nitrogens is 2. The second-order valence-electron chi connectivity index (χ2n) is 7.07. The van der Waals surface area contributed by atoms with Gasteiger partial charge in [0.1, 0.15) is 11.3 Å². The van der Waals surface area contributed by atoms with Crippen molar-refractivity contribution >= 4 is 32.6 Å². The second-order valence-corrected chi connectivity index (χ2v) is 7.07. The van der Waals surface area contributed by atoms with E-state index in [9.17, 15) is 0 Å². The van der Waals surface area contributed by atoms with Gasteiger partial charge in [0.25, 0.3) is 0 Å². The lowest BCUT2D eigenvalue weighted by Gasteiger charge is -2.07. The Hall–Kier alpha value is -3.98. The quantitative estimate of drug-likeness (QED) is 0.333. The maximum absolute atomic E-state index is 6.36. The summed E-state index contributed by atoms with van der Waals surface area (Å²) in [4.78, 5) is 9.65. The molecule has 0 N–H and O–H groups in total. The van der Waals surface area contributed by atoms with Gasteiger partial charge < -0.3 is 4.42 Å². The third-order valence-electron chi connectivity index (χ3n) is 5.34. The van der Waals surface area contributed by atoms with Crippen molar-refractivity contribution in [3.05, 3.63) is 97.2 Å². The molecule has 0 aliphatic heterocycles. The average molecular weight is 372 g/mol. The third kappa shape index (κ3) is 2.52. The van der Waals surface area contributed by atoms with Crippen molar-refractivity contribution in [2.75, 3.05) is 0 Å². The number of nitrogens with zero attached hydrogens (tertiary/aromatic N) is 2. The number of hydrogen-bond acceptors (Lipinski definition) is 3. The van der Waals surface area contributed by atoms with E-state index in [0.717, 1.165) is 55.4 Å². The third-order valence-corrected chi connectivity index (χ3v) is 5.34. The van der Waals surface area contributed by atoms with Gasteiger partial charge in [0, 0.05) is 22.4 Å². The molecule has 0 bridgehead atoms. The molecule has 0 radical (unpaired) electrons. The molecule has 3 heterocycles. The number of furan rings is 1. The monoisotopic (exact) mass is 372 g/mol. The van der Waals surface area contributed by atoms with Crippen LogP contribution < -0.4 is 0 Å². The molecule has 136 valence electrons. The maximum atomic E-state index is 6.36. The Morgan fingerprint density at radius 1 is 0.621 bits per heavy atom. The molecule has 0 spiro atoms. The van der Waals surface area contributed by atoms with Gasteiger partial charge >= 0.3 is 0 Å². The molecule has 0 saturated heterocycles. The highest BCUT2D eigenvalue weighted by Crippen LogP contribution is 2.41. The van der Waals surface area contributed by atoms with Crippen molar-refractivity contribution in [1.82, 2.24) is 9.97 Å². The highest BCUT2D eigenvalue weighted by atomic mass is 16.3. The van der Waals surface area contributed by atoms with Gasteiger partial charge in [-0.25, -0.2) is 4.98 Å². The molecule has 3 heteroatoms. The van der Waals surface area contributed by atoms with Crippen LogP contribution in [0.15, 0.2) is 102 Å². The van der Waals surface area contributed by atoms with Crippen LogP contribution in [-0.4, -0.2) is 9.97 Å². The number of hydrogen-bond donors (Lipinski definition) is 0. The summed E-state index contributed by atoms with van der Waals surface area (Å²) in [6, 6.07) is 30.7. The topological polar surface area (TPSA) is 38.9 Å². The van der Waals surface area contributed by atoms with Crippen molar-refractivity contribution in [3.63, 3.8) is 0 Å². The summed E-state index contributed by atoms with van der Waals surface area (Å²) in [5.74, 6) is 0.755. The first-order valence-electron chi connectivity index (χ1n) is 9.60. The zero-order valence-electron chi connectivity index (χ0n) is 15.5. The normalized spacial score (nSPS) is 11.4. The summed E-state index contributed by atoms with van der Waals surface area (Å²) in [5.41, 5.74) is 4.51. The van der Waals surface area contributed by atoms with Gasteiger partial charge in [-0.3, -0.25) is 4.98 Å². The van der Waals surface area contributed by atoms with Crippen molar-refractivity contribution in [1.29, 1.82) is 0 Å². The molecule has 0 amide bonds. The smallest absolute Gasteiger partial charge is 0.163 e. The molecule has 29 heavy (non-hydrogen) atoms. The van der Waals surface area contributed by atoms with E-state index in [0.29, 0.717) is 0 Å². The minimum absolute atomic E-state index is 0.755. The highest BCUT2D eigenvalue weighted by molar-refractivity contribution is 6.05. The molecule has 0 unspecified atom stereocenters. The number of para-hydroxylation sites is 2. The van der Waals surface area contributed by atoms with E-state index in [2.05, 4.69) is 36.4 Å². The van der Waals surface area contributed by atoms with Crippen LogP contribution in [0.5, 0.6) is 0 Å². The first kappa shape index (κ1) is 16.0. The van der Waals surface area contributed by atoms with Crippen LogP contribution in [-0.2, 0) is 0 Å². The van der Waals surface area contributed by atoms with Gasteiger partial charge in [-0.05, 0) is 29.7 Å². The average Bonchev–Trinajstić information content (AvgIpc) is 3.18. The standard InChI is InChI=1S/C26H16N2O/c1-3-9-19-17(7-1)15-16-27-25(19)26-24(20-10-4-6-12-23(20)29-26)22-14-13-18-8-2-5-11-21(18)28-22/h1-16H. The van der Waals surface area contributed by atoms with E-state index in [-0.39, 0.29) is 0 Å². The van der Waals surface area contributed by atoms with Gasteiger partial charge in [0.2, 0.25) is 0 Å². The van der Waals surface area contributed by atoms with Crippen LogP contribution in [0.1, 0.15) is 0 Å². The summed E-state index contributed by atoms with van der Waals surface area (Å²) in [5, 5.41) is 4.36. The SMILES string of the molecule is c1ccc2nc(-c3c(-c4nccc5ccccc45)oc4ccccc34)ccc2c1. The first-order chi connectivity index (χ1) is 14.4.